The summed E-state index contributed by atoms with van der Waals surface area (Å²) in [5, 5.41) is 18.3. The van der Waals surface area contributed by atoms with Gasteiger partial charge in [0, 0.05) is 13.1 Å². The molecule has 0 aromatic heterocycles. The minimum Gasteiger partial charge on any atom is -0.481 e. The van der Waals surface area contributed by atoms with Crippen LogP contribution in [0, 0.1) is 11.8 Å². The van der Waals surface area contributed by atoms with E-state index < -0.39 is 23.9 Å². The monoisotopic (exact) mass is 215 g/mol. The number of β-amino-alcohol motifs (C(OH)–C–C–N with tert-alkyl or cyclic N) is 1. The van der Waals surface area contributed by atoms with Crippen molar-refractivity contribution in [2.75, 3.05) is 13.1 Å². The topological polar surface area (TPSA) is 77.8 Å². The Kier molecular flexibility index (Phi) is 3.68. The van der Waals surface area contributed by atoms with E-state index in [1.807, 2.05) is 6.92 Å². The van der Waals surface area contributed by atoms with Crippen LogP contribution < -0.4 is 0 Å². The van der Waals surface area contributed by atoms with Crippen LogP contribution in [0.1, 0.15) is 20.3 Å². The molecule has 1 rings (SSSR count). The third-order valence-corrected chi connectivity index (χ3v) is 2.97. The van der Waals surface area contributed by atoms with E-state index in [0.717, 1.165) is 6.42 Å². The molecule has 0 spiro atoms. The molecule has 3 atom stereocenters. The Morgan fingerprint density at radius 2 is 2.07 bits per heavy atom. The number of aliphatic hydroxyl groups is 1. The molecule has 0 radical (unpaired) electrons. The van der Waals surface area contributed by atoms with Gasteiger partial charge in [0.1, 0.15) is 5.92 Å². The van der Waals surface area contributed by atoms with Gasteiger partial charge in [0.25, 0.3) is 0 Å². The molecule has 1 fully saturated rings. The van der Waals surface area contributed by atoms with Gasteiger partial charge in [0.2, 0.25) is 5.91 Å². The predicted octanol–water partition coefficient (Wildman–Crippen LogP) is -0.0636. The Morgan fingerprint density at radius 3 is 2.53 bits per heavy atom. The molecular formula is C10H17NO4. The van der Waals surface area contributed by atoms with Gasteiger partial charge in [-0.1, -0.05) is 6.92 Å². The van der Waals surface area contributed by atoms with Crippen LogP contribution in [0.3, 0.4) is 0 Å². The third kappa shape index (κ3) is 2.68. The number of carboxylic acids is 1. The molecule has 1 aliphatic rings. The molecule has 5 nitrogen and oxygen atoms in total. The van der Waals surface area contributed by atoms with Crippen molar-refractivity contribution in [3.05, 3.63) is 0 Å². The van der Waals surface area contributed by atoms with Crippen LogP contribution in [0.4, 0.5) is 0 Å². The van der Waals surface area contributed by atoms with Crippen molar-refractivity contribution in [2.24, 2.45) is 11.8 Å². The first-order valence-corrected chi connectivity index (χ1v) is 5.13. The molecule has 5 heteroatoms. The summed E-state index contributed by atoms with van der Waals surface area (Å²) in [5.74, 6) is -2.37. The normalized spacial score (nSPS) is 28.6. The summed E-state index contributed by atoms with van der Waals surface area (Å²) in [6.07, 6.45) is 0.183. The second-order valence-electron chi connectivity index (χ2n) is 4.18. The first kappa shape index (κ1) is 12.0. The van der Waals surface area contributed by atoms with Crippen LogP contribution in [0.15, 0.2) is 0 Å². The standard InChI is InChI=1S/C10H17NO4/c1-6-3-4-11(5-8(6)12)9(13)7(2)10(14)15/h6-8,12H,3-5H2,1-2H3,(H,14,15). The molecule has 86 valence electrons. The number of hydrogen-bond donors (Lipinski definition) is 2. The summed E-state index contributed by atoms with van der Waals surface area (Å²) in [4.78, 5) is 23.7. The van der Waals surface area contributed by atoms with E-state index in [4.69, 9.17) is 5.11 Å². The van der Waals surface area contributed by atoms with Crippen LogP contribution in [-0.4, -0.2) is 46.2 Å². The molecule has 0 aliphatic carbocycles. The van der Waals surface area contributed by atoms with Crippen molar-refractivity contribution in [2.45, 2.75) is 26.4 Å². The van der Waals surface area contributed by atoms with Crippen LogP contribution >= 0.6 is 0 Å². The molecular weight excluding hydrogens is 198 g/mol. The number of rotatable bonds is 2. The number of nitrogens with zero attached hydrogens (tertiary/aromatic N) is 1. The SMILES string of the molecule is CC(C(=O)O)C(=O)N1CCC(C)C(O)C1. The van der Waals surface area contributed by atoms with E-state index in [1.54, 1.807) is 0 Å². The van der Waals surface area contributed by atoms with Gasteiger partial charge in [0.05, 0.1) is 6.10 Å². The number of carbonyl (C=O) groups is 2. The van der Waals surface area contributed by atoms with Gasteiger partial charge in [-0.05, 0) is 19.3 Å². The Hall–Kier alpha value is -1.10. The third-order valence-electron chi connectivity index (χ3n) is 2.97. The molecule has 3 unspecified atom stereocenters. The average molecular weight is 215 g/mol. The largest absolute Gasteiger partial charge is 0.481 e. The number of piperidine rings is 1. The summed E-state index contributed by atoms with van der Waals surface area (Å²) in [6.45, 7) is 4.08. The molecule has 1 heterocycles. The molecule has 1 aliphatic heterocycles. The molecule has 1 saturated heterocycles. The Morgan fingerprint density at radius 1 is 1.47 bits per heavy atom. The number of hydrogen-bond acceptors (Lipinski definition) is 3. The first-order valence-electron chi connectivity index (χ1n) is 5.13. The van der Waals surface area contributed by atoms with Gasteiger partial charge in [-0.15, -0.1) is 0 Å². The fourth-order valence-electron chi connectivity index (χ4n) is 1.63. The van der Waals surface area contributed by atoms with E-state index in [2.05, 4.69) is 0 Å². The van der Waals surface area contributed by atoms with Crippen molar-refractivity contribution >= 4 is 11.9 Å². The number of likely N-dealkylation sites (tertiary alicyclic amines) is 1. The highest BCUT2D eigenvalue weighted by molar-refractivity contribution is 5.96. The second-order valence-corrected chi connectivity index (χ2v) is 4.18. The summed E-state index contributed by atoms with van der Waals surface area (Å²) >= 11 is 0. The molecule has 1 amide bonds. The summed E-state index contributed by atoms with van der Waals surface area (Å²) < 4.78 is 0. The zero-order chi connectivity index (χ0) is 11.6. The lowest BCUT2D eigenvalue weighted by atomic mass is 9.95. The van der Waals surface area contributed by atoms with Crippen LogP contribution in [0.5, 0.6) is 0 Å². The van der Waals surface area contributed by atoms with E-state index >= 15 is 0 Å². The smallest absolute Gasteiger partial charge is 0.315 e. The van der Waals surface area contributed by atoms with Gasteiger partial charge in [-0.2, -0.15) is 0 Å². The van der Waals surface area contributed by atoms with Crippen LogP contribution in [-0.2, 0) is 9.59 Å². The molecule has 0 saturated carbocycles. The van der Waals surface area contributed by atoms with Gasteiger partial charge >= 0.3 is 5.97 Å². The van der Waals surface area contributed by atoms with Gasteiger partial charge in [-0.3, -0.25) is 9.59 Å². The molecule has 2 N–H and O–H groups in total. The number of carboxylic acid groups (broad SMARTS) is 1. The lowest BCUT2D eigenvalue weighted by Gasteiger charge is -2.35. The van der Waals surface area contributed by atoms with Crippen molar-refractivity contribution in [3.8, 4) is 0 Å². The fourth-order valence-corrected chi connectivity index (χ4v) is 1.63. The Balaban J connectivity index is 2.58. The van der Waals surface area contributed by atoms with Crippen molar-refractivity contribution in [1.82, 2.24) is 4.90 Å². The zero-order valence-electron chi connectivity index (χ0n) is 9.01. The second kappa shape index (κ2) is 4.61. The Bertz CT molecular complexity index is 266. The van der Waals surface area contributed by atoms with Gasteiger partial charge in [0.15, 0.2) is 0 Å². The predicted molar refractivity (Wildman–Crippen MR) is 53.2 cm³/mol. The fraction of sp³-hybridized carbons (Fsp3) is 0.800. The lowest BCUT2D eigenvalue weighted by molar-refractivity contribution is -0.152. The number of carbonyl (C=O) groups excluding carboxylic acids is 1. The van der Waals surface area contributed by atoms with Crippen molar-refractivity contribution < 1.29 is 19.8 Å². The maximum absolute atomic E-state index is 11.6. The van der Waals surface area contributed by atoms with Crippen molar-refractivity contribution in [1.29, 1.82) is 0 Å². The maximum atomic E-state index is 11.6. The molecule has 0 aromatic carbocycles. The number of amides is 1. The van der Waals surface area contributed by atoms with Gasteiger partial charge < -0.3 is 15.1 Å². The van der Waals surface area contributed by atoms with E-state index in [0.29, 0.717) is 6.54 Å². The van der Waals surface area contributed by atoms with Crippen molar-refractivity contribution in [3.63, 3.8) is 0 Å². The lowest BCUT2D eigenvalue weighted by Crippen LogP contribution is -2.48. The highest BCUT2D eigenvalue weighted by Gasteiger charge is 2.31. The number of aliphatic carboxylic acids is 1. The first-order chi connectivity index (χ1) is 6.93. The molecule has 0 aromatic rings. The highest BCUT2D eigenvalue weighted by atomic mass is 16.4. The number of aliphatic hydroxyl groups excluding tert-OH is 1. The average Bonchev–Trinajstić information content (AvgIpc) is 2.19. The zero-order valence-corrected chi connectivity index (χ0v) is 9.01. The summed E-state index contributed by atoms with van der Waals surface area (Å²) in [6, 6.07) is 0. The van der Waals surface area contributed by atoms with E-state index in [1.165, 1.54) is 11.8 Å². The van der Waals surface area contributed by atoms with Gasteiger partial charge in [-0.25, -0.2) is 0 Å². The molecule has 15 heavy (non-hydrogen) atoms. The van der Waals surface area contributed by atoms with Crippen LogP contribution in [0.2, 0.25) is 0 Å². The summed E-state index contributed by atoms with van der Waals surface area (Å²) in [7, 11) is 0. The summed E-state index contributed by atoms with van der Waals surface area (Å²) in [5.41, 5.74) is 0. The Labute approximate surface area is 88.7 Å². The quantitative estimate of drug-likeness (QED) is 0.632. The molecule has 0 bridgehead atoms. The maximum Gasteiger partial charge on any atom is 0.315 e. The minimum absolute atomic E-state index is 0.175. The van der Waals surface area contributed by atoms with E-state index in [-0.39, 0.29) is 12.5 Å². The minimum atomic E-state index is -1.12. The highest BCUT2D eigenvalue weighted by Crippen LogP contribution is 2.18. The van der Waals surface area contributed by atoms with Crippen LogP contribution in [0.25, 0.3) is 0 Å². The van der Waals surface area contributed by atoms with E-state index in [9.17, 15) is 14.7 Å².